The zero-order chi connectivity index (χ0) is 12.2. The molecule has 1 aromatic carbocycles. The Kier molecular flexibility index (Phi) is 3.68. The maximum absolute atomic E-state index is 11.3. The zero-order valence-corrected chi connectivity index (χ0v) is 9.45. The van der Waals surface area contributed by atoms with Crippen LogP contribution in [0.2, 0.25) is 0 Å². The van der Waals surface area contributed by atoms with E-state index in [1.54, 1.807) is 22.9 Å². The van der Waals surface area contributed by atoms with Crippen molar-refractivity contribution in [1.82, 2.24) is 4.72 Å². The third kappa shape index (κ3) is 3.74. The molecule has 0 aliphatic rings. The Hall–Kier alpha value is -1.82. The summed E-state index contributed by atoms with van der Waals surface area (Å²) in [6.07, 6.45) is 0. The molecule has 6 heteroatoms. The Morgan fingerprint density at radius 1 is 1.31 bits per heavy atom. The first-order chi connectivity index (χ1) is 7.41. The second-order valence-electron chi connectivity index (χ2n) is 3.06. The molecule has 1 amide bonds. The van der Waals surface area contributed by atoms with Gasteiger partial charge in [0.05, 0.1) is 0 Å². The van der Waals surface area contributed by atoms with Crippen molar-refractivity contribution in [2.75, 3.05) is 0 Å². The van der Waals surface area contributed by atoms with E-state index < -0.39 is 16.2 Å². The number of benzene rings is 1. The molecular formula is C10H11NO4S. The molecule has 5 nitrogen and oxygen atoms in total. The molecule has 1 rings (SSSR count). The van der Waals surface area contributed by atoms with E-state index in [1.807, 2.05) is 0 Å². The van der Waals surface area contributed by atoms with Crippen LogP contribution in [0, 0.1) is 0 Å². The quantitative estimate of drug-likeness (QED) is 0.798. The summed E-state index contributed by atoms with van der Waals surface area (Å²) in [5, 5.41) is 0. The number of nitrogens with one attached hydrogen (secondary N) is 1. The molecule has 0 radical (unpaired) electrons. The first-order valence-corrected chi connectivity index (χ1v) is 5.78. The Labute approximate surface area is 94.0 Å². The van der Waals surface area contributed by atoms with Gasteiger partial charge in [0, 0.05) is 5.57 Å². The molecule has 0 aliphatic carbocycles. The van der Waals surface area contributed by atoms with Crippen molar-refractivity contribution in [2.24, 2.45) is 0 Å². The van der Waals surface area contributed by atoms with E-state index in [0.717, 1.165) is 0 Å². The predicted molar refractivity (Wildman–Crippen MR) is 58.9 cm³/mol. The standard InChI is InChI=1S/C10H11NO4S/c1-8(2)10(12)11-16(13,14)15-9-6-4-3-5-7-9/h3-7H,1H2,2H3,(H,11,12). The molecule has 0 aromatic heterocycles. The van der Waals surface area contributed by atoms with E-state index in [4.69, 9.17) is 0 Å². The van der Waals surface area contributed by atoms with Crippen LogP contribution < -0.4 is 8.91 Å². The molecule has 0 fully saturated rings. The summed E-state index contributed by atoms with van der Waals surface area (Å²) in [6.45, 7) is 4.71. The molecule has 0 heterocycles. The van der Waals surface area contributed by atoms with Gasteiger partial charge in [0.15, 0.2) is 0 Å². The molecule has 0 spiro atoms. The highest BCUT2D eigenvalue weighted by atomic mass is 32.2. The Balaban J connectivity index is 2.74. The molecule has 86 valence electrons. The van der Waals surface area contributed by atoms with Crippen molar-refractivity contribution in [3.8, 4) is 5.75 Å². The lowest BCUT2D eigenvalue weighted by Crippen LogP contribution is -2.34. The largest absolute Gasteiger partial charge is 0.409 e. The number of carbonyl (C=O) groups is 1. The SMILES string of the molecule is C=C(C)C(=O)NS(=O)(=O)Oc1ccccc1. The van der Waals surface area contributed by atoms with E-state index in [-0.39, 0.29) is 11.3 Å². The van der Waals surface area contributed by atoms with Crippen LogP contribution in [-0.4, -0.2) is 14.3 Å². The van der Waals surface area contributed by atoms with E-state index in [0.29, 0.717) is 0 Å². The van der Waals surface area contributed by atoms with Gasteiger partial charge in [0.2, 0.25) is 0 Å². The average Bonchev–Trinajstić information content (AvgIpc) is 2.17. The molecule has 1 N–H and O–H groups in total. The zero-order valence-electron chi connectivity index (χ0n) is 8.64. The number of amides is 1. The summed E-state index contributed by atoms with van der Waals surface area (Å²) in [7, 11) is -4.14. The summed E-state index contributed by atoms with van der Waals surface area (Å²) in [5.74, 6) is -0.666. The van der Waals surface area contributed by atoms with Gasteiger partial charge < -0.3 is 4.18 Å². The lowest BCUT2D eigenvalue weighted by atomic mass is 10.3. The fourth-order valence-electron chi connectivity index (χ4n) is 0.824. The second kappa shape index (κ2) is 4.80. The van der Waals surface area contributed by atoms with Gasteiger partial charge in [-0.05, 0) is 19.1 Å². The van der Waals surface area contributed by atoms with Crippen molar-refractivity contribution >= 4 is 16.2 Å². The molecule has 0 unspecified atom stereocenters. The Bertz CT molecular complexity index is 493. The van der Waals surface area contributed by atoms with Gasteiger partial charge in [-0.1, -0.05) is 24.8 Å². The number of hydrogen-bond acceptors (Lipinski definition) is 4. The van der Waals surface area contributed by atoms with E-state index >= 15 is 0 Å². The molecule has 0 atom stereocenters. The smallest absolute Gasteiger partial charge is 0.367 e. The monoisotopic (exact) mass is 241 g/mol. The minimum Gasteiger partial charge on any atom is -0.367 e. The first kappa shape index (κ1) is 12.3. The lowest BCUT2D eigenvalue weighted by Gasteiger charge is -2.07. The van der Waals surface area contributed by atoms with Gasteiger partial charge in [0.25, 0.3) is 5.91 Å². The fraction of sp³-hybridized carbons (Fsp3) is 0.100. The van der Waals surface area contributed by atoms with Crippen molar-refractivity contribution < 1.29 is 17.4 Å². The van der Waals surface area contributed by atoms with Gasteiger partial charge in [0.1, 0.15) is 5.75 Å². The van der Waals surface area contributed by atoms with Gasteiger partial charge in [-0.2, -0.15) is 8.42 Å². The fourth-order valence-corrected chi connectivity index (χ4v) is 1.63. The van der Waals surface area contributed by atoms with Gasteiger partial charge in [-0.25, -0.2) is 4.72 Å². The van der Waals surface area contributed by atoms with Crippen molar-refractivity contribution in [2.45, 2.75) is 6.92 Å². The topological polar surface area (TPSA) is 72.5 Å². The molecular weight excluding hydrogens is 230 g/mol. The van der Waals surface area contributed by atoms with Crippen LogP contribution >= 0.6 is 0 Å². The van der Waals surface area contributed by atoms with Crippen LogP contribution in [0.5, 0.6) is 5.75 Å². The third-order valence-corrected chi connectivity index (χ3v) is 2.40. The molecule has 16 heavy (non-hydrogen) atoms. The molecule has 0 aliphatic heterocycles. The maximum atomic E-state index is 11.3. The van der Waals surface area contributed by atoms with Gasteiger partial charge in [-0.15, -0.1) is 0 Å². The summed E-state index contributed by atoms with van der Waals surface area (Å²) in [5.41, 5.74) is 0.0836. The minimum atomic E-state index is -4.14. The lowest BCUT2D eigenvalue weighted by molar-refractivity contribution is -0.115. The maximum Gasteiger partial charge on any atom is 0.409 e. The molecule has 0 saturated carbocycles. The Morgan fingerprint density at radius 3 is 2.38 bits per heavy atom. The van der Waals surface area contributed by atoms with Crippen molar-refractivity contribution in [3.05, 3.63) is 42.5 Å². The predicted octanol–water partition coefficient (Wildman–Crippen LogP) is 1.00. The van der Waals surface area contributed by atoms with Gasteiger partial charge >= 0.3 is 10.3 Å². The van der Waals surface area contributed by atoms with Crippen molar-refractivity contribution in [3.63, 3.8) is 0 Å². The van der Waals surface area contributed by atoms with Crippen LogP contribution in [0.4, 0.5) is 0 Å². The number of rotatable bonds is 4. The highest BCUT2D eigenvalue weighted by Gasteiger charge is 2.16. The van der Waals surface area contributed by atoms with Crippen molar-refractivity contribution in [1.29, 1.82) is 0 Å². The number of para-hydroxylation sites is 1. The van der Waals surface area contributed by atoms with Crippen LogP contribution in [0.25, 0.3) is 0 Å². The summed E-state index contributed by atoms with van der Waals surface area (Å²) < 4.78 is 29.0. The van der Waals surface area contributed by atoms with Gasteiger partial charge in [-0.3, -0.25) is 4.79 Å². The van der Waals surface area contributed by atoms with Crippen LogP contribution in [-0.2, 0) is 15.1 Å². The van der Waals surface area contributed by atoms with Crippen LogP contribution in [0.1, 0.15) is 6.92 Å². The van der Waals surface area contributed by atoms with E-state index in [1.165, 1.54) is 19.1 Å². The molecule has 0 bridgehead atoms. The minimum absolute atomic E-state index is 0.0836. The summed E-state index contributed by atoms with van der Waals surface area (Å²) in [4.78, 5) is 11.1. The summed E-state index contributed by atoms with van der Waals surface area (Å²) in [6, 6.07) is 7.87. The van der Waals surface area contributed by atoms with E-state index in [9.17, 15) is 13.2 Å². The second-order valence-corrected chi connectivity index (χ2v) is 4.34. The average molecular weight is 241 g/mol. The third-order valence-electron chi connectivity index (χ3n) is 1.55. The normalized spacial score (nSPS) is 10.6. The first-order valence-electron chi connectivity index (χ1n) is 4.38. The Morgan fingerprint density at radius 2 is 1.88 bits per heavy atom. The highest BCUT2D eigenvalue weighted by Crippen LogP contribution is 2.10. The summed E-state index contributed by atoms with van der Waals surface area (Å²) >= 11 is 0. The number of hydrogen-bond donors (Lipinski definition) is 1. The van der Waals surface area contributed by atoms with Crippen LogP contribution in [0.3, 0.4) is 0 Å². The molecule has 0 saturated heterocycles. The van der Waals surface area contributed by atoms with Crippen LogP contribution in [0.15, 0.2) is 42.5 Å². The number of carbonyl (C=O) groups excluding carboxylic acids is 1. The highest BCUT2D eigenvalue weighted by molar-refractivity contribution is 7.85. The van der Waals surface area contributed by atoms with E-state index in [2.05, 4.69) is 10.8 Å². The molecule has 1 aromatic rings.